The second-order valence-corrected chi connectivity index (χ2v) is 5.17. The molecule has 0 saturated carbocycles. The third-order valence-electron chi connectivity index (χ3n) is 3.40. The lowest BCUT2D eigenvalue weighted by Crippen LogP contribution is -2.03. The van der Waals surface area contributed by atoms with Gasteiger partial charge < -0.3 is 0 Å². The van der Waals surface area contributed by atoms with Gasteiger partial charge in [0.2, 0.25) is 0 Å². The summed E-state index contributed by atoms with van der Waals surface area (Å²) in [6, 6.07) is 12.5. The molecule has 2 aromatic rings. The molecular weight excluding hydrogens is 254 g/mol. The highest BCUT2D eigenvalue weighted by atomic mass is 35.5. The van der Waals surface area contributed by atoms with Gasteiger partial charge in [0, 0.05) is 16.6 Å². The van der Waals surface area contributed by atoms with Crippen molar-refractivity contribution in [3.05, 3.63) is 53.7 Å². The summed E-state index contributed by atoms with van der Waals surface area (Å²) in [5, 5.41) is 1.20. The van der Waals surface area contributed by atoms with Crippen molar-refractivity contribution >= 4 is 22.5 Å². The number of para-hydroxylation sites is 1. The zero-order valence-corrected chi connectivity index (χ0v) is 12.1. The number of fused-ring (bicyclic) bond motifs is 1. The van der Waals surface area contributed by atoms with Gasteiger partial charge in [-0.15, -0.1) is 0 Å². The molecule has 0 saturated heterocycles. The van der Waals surface area contributed by atoms with Crippen LogP contribution in [0.2, 0.25) is 0 Å². The van der Waals surface area contributed by atoms with Crippen LogP contribution in [0.3, 0.4) is 0 Å². The topological polar surface area (TPSA) is 12.9 Å². The molecule has 0 aliphatic carbocycles. The molecule has 100 valence electrons. The van der Waals surface area contributed by atoms with Gasteiger partial charge in [0.05, 0.1) is 5.52 Å². The van der Waals surface area contributed by atoms with E-state index in [4.69, 9.17) is 16.6 Å². The van der Waals surface area contributed by atoms with Gasteiger partial charge >= 0.3 is 0 Å². The monoisotopic (exact) mass is 273 g/mol. The van der Waals surface area contributed by atoms with Crippen molar-refractivity contribution in [2.45, 2.75) is 32.6 Å². The largest absolute Gasteiger partial charge is 0.253 e. The van der Waals surface area contributed by atoms with Crippen LogP contribution in [-0.2, 0) is 6.42 Å². The van der Waals surface area contributed by atoms with Crippen molar-refractivity contribution in [2.24, 2.45) is 5.92 Å². The first-order valence-corrected chi connectivity index (χ1v) is 7.38. The molecule has 1 unspecified atom stereocenters. The number of allylic oxidation sites excluding steroid dienone is 1. The maximum absolute atomic E-state index is 5.74. The highest BCUT2D eigenvalue weighted by Crippen LogP contribution is 2.18. The van der Waals surface area contributed by atoms with Crippen LogP contribution in [0.4, 0.5) is 0 Å². The number of pyridine rings is 1. The van der Waals surface area contributed by atoms with Crippen LogP contribution in [0.5, 0.6) is 0 Å². The zero-order valence-electron chi connectivity index (χ0n) is 11.3. The number of aromatic nitrogens is 1. The number of unbranched alkanes of at least 4 members (excludes halogenated alkanes) is 1. The summed E-state index contributed by atoms with van der Waals surface area (Å²) < 4.78 is 0. The second kappa shape index (κ2) is 7.30. The Labute approximate surface area is 120 Å². The smallest absolute Gasteiger partial charge is 0.0705 e. The molecule has 1 aromatic carbocycles. The number of nitrogens with zero attached hydrogens (tertiary/aromatic N) is 1. The first-order chi connectivity index (χ1) is 9.33. The normalized spacial score (nSPS) is 13.2. The Kier molecular flexibility index (Phi) is 5.41. The van der Waals surface area contributed by atoms with Gasteiger partial charge in [-0.25, -0.2) is 0 Å². The maximum atomic E-state index is 5.74. The van der Waals surface area contributed by atoms with Crippen molar-refractivity contribution < 1.29 is 0 Å². The van der Waals surface area contributed by atoms with E-state index in [-0.39, 0.29) is 0 Å². The van der Waals surface area contributed by atoms with Crippen LogP contribution >= 0.6 is 11.6 Å². The van der Waals surface area contributed by atoms with Gasteiger partial charge in [-0.1, -0.05) is 61.7 Å². The SMILES string of the molecule is CCCCC(C=CCl)Cc1ccc2ccccc2n1. The summed E-state index contributed by atoms with van der Waals surface area (Å²) in [4.78, 5) is 4.73. The van der Waals surface area contributed by atoms with E-state index in [1.54, 1.807) is 5.54 Å². The molecule has 1 aromatic heterocycles. The van der Waals surface area contributed by atoms with Crippen molar-refractivity contribution in [1.82, 2.24) is 4.98 Å². The van der Waals surface area contributed by atoms with Crippen LogP contribution in [0.1, 0.15) is 31.9 Å². The van der Waals surface area contributed by atoms with Gasteiger partial charge in [0.25, 0.3) is 0 Å². The van der Waals surface area contributed by atoms with Crippen LogP contribution < -0.4 is 0 Å². The van der Waals surface area contributed by atoms with Gasteiger partial charge in [-0.05, 0) is 30.9 Å². The molecule has 0 radical (unpaired) electrons. The molecule has 2 rings (SSSR count). The van der Waals surface area contributed by atoms with Crippen molar-refractivity contribution in [3.8, 4) is 0 Å². The van der Waals surface area contributed by atoms with E-state index in [0.717, 1.165) is 17.6 Å². The number of hydrogen-bond donors (Lipinski definition) is 0. The highest BCUT2D eigenvalue weighted by Gasteiger charge is 2.07. The van der Waals surface area contributed by atoms with E-state index in [1.165, 1.54) is 24.6 Å². The third-order valence-corrected chi connectivity index (χ3v) is 3.55. The Morgan fingerprint density at radius 2 is 2.05 bits per heavy atom. The minimum atomic E-state index is 0.492. The van der Waals surface area contributed by atoms with Crippen LogP contribution in [0.15, 0.2) is 48.0 Å². The van der Waals surface area contributed by atoms with E-state index in [2.05, 4.69) is 37.3 Å². The number of rotatable bonds is 6. The molecule has 0 amide bonds. The lowest BCUT2D eigenvalue weighted by atomic mass is 9.96. The Hall–Kier alpha value is -1.34. The fourth-order valence-electron chi connectivity index (χ4n) is 2.33. The number of benzene rings is 1. The van der Waals surface area contributed by atoms with Crippen LogP contribution in [0, 0.1) is 5.92 Å². The summed E-state index contributed by atoms with van der Waals surface area (Å²) in [6.07, 6.45) is 6.69. The lowest BCUT2D eigenvalue weighted by molar-refractivity contribution is 0.548. The molecular formula is C17H20ClN. The second-order valence-electron chi connectivity index (χ2n) is 4.92. The minimum absolute atomic E-state index is 0.492. The molecule has 1 heterocycles. The van der Waals surface area contributed by atoms with E-state index in [9.17, 15) is 0 Å². The molecule has 0 fully saturated rings. The fourth-order valence-corrected chi connectivity index (χ4v) is 2.53. The van der Waals surface area contributed by atoms with Gasteiger partial charge in [-0.3, -0.25) is 4.98 Å². The lowest BCUT2D eigenvalue weighted by Gasteiger charge is -2.12. The van der Waals surface area contributed by atoms with Crippen molar-refractivity contribution in [1.29, 1.82) is 0 Å². The van der Waals surface area contributed by atoms with Crippen molar-refractivity contribution in [2.75, 3.05) is 0 Å². The zero-order chi connectivity index (χ0) is 13.5. The Morgan fingerprint density at radius 1 is 1.21 bits per heavy atom. The molecule has 0 bridgehead atoms. The summed E-state index contributed by atoms with van der Waals surface area (Å²) in [5.74, 6) is 0.492. The molecule has 0 spiro atoms. The summed E-state index contributed by atoms with van der Waals surface area (Å²) in [7, 11) is 0. The Balaban J connectivity index is 2.13. The van der Waals surface area contributed by atoms with Gasteiger partial charge in [0.15, 0.2) is 0 Å². The molecule has 1 atom stereocenters. The summed E-state index contributed by atoms with van der Waals surface area (Å²) >= 11 is 5.74. The van der Waals surface area contributed by atoms with Gasteiger partial charge in [-0.2, -0.15) is 0 Å². The van der Waals surface area contributed by atoms with Crippen molar-refractivity contribution in [3.63, 3.8) is 0 Å². The standard InChI is InChI=1S/C17H20ClN/c1-2-3-6-14(11-12-18)13-16-10-9-15-7-4-5-8-17(15)19-16/h4-5,7-12,14H,2-3,6,13H2,1H3. The molecule has 1 nitrogen and oxygen atoms in total. The van der Waals surface area contributed by atoms with E-state index in [0.29, 0.717) is 5.92 Å². The van der Waals surface area contributed by atoms with E-state index < -0.39 is 0 Å². The number of hydrogen-bond acceptors (Lipinski definition) is 1. The van der Waals surface area contributed by atoms with Gasteiger partial charge in [0.1, 0.15) is 0 Å². The molecule has 0 N–H and O–H groups in total. The quantitative estimate of drug-likeness (QED) is 0.693. The minimum Gasteiger partial charge on any atom is -0.253 e. The molecule has 0 aliphatic heterocycles. The van der Waals surface area contributed by atoms with E-state index in [1.807, 2.05) is 12.1 Å². The molecule has 2 heteroatoms. The predicted octanol–water partition coefficient (Wildman–Crippen LogP) is 5.34. The Morgan fingerprint density at radius 3 is 2.84 bits per heavy atom. The molecule has 19 heavy (non-hydrogen) atoms. The highest BCUT2D eigenvalue weighted by molar-refractivity contribution is 6.25. The van der Waals surface area contributed by atoms with Crippen LogP contribution in [0.25, 0.3) is 10.9 Å². The average Bonchev–Trinajstić information content (AvgIpc) is 2.45. The maximum Gasteiger partial charge on any atom is 0.0705 e. The summed E-state index contributed by atoms with van der Waals surface area (Å²) in [5.41, 5.74) is 3.86. The third kappa shape index (κ3) is 4.07. The first-order valence-electron chi connectivity index (χ1n) is 6.95. The Bertz CT molecular complexity index is 548. The van der Waals surface area contributed by atoms with Crippen LogP contribution in [-0.4, -0.2) is 4.98 Å². The van der Waals surface area contributed by atoms with E-state index >= 15 is 0 Å². The fraction of sp³-hybridized carbons (Fsp3) is 0.353. The average molecular weight is 274 g/mol. The first kappa shape index (κ1) is 14.1. The molecule has 0 aliphatic rings. The predicted molar refractivity (Wildman–Crippen MR) is 83.5 cm³/mol. The number of halogens is 1. The summed E-state index contributed by atoms with van der Waals surface area (Å²) in [6.45, 7) is 2.22.